The molecule has 1 aromatic heterocycles. The molecule has 1 aliphatic heterocycles. The van der Waals surface area contributed by atoms with E-state index in [2.05, 4.69) is 11.1 Å². The number of aryl methyl sites for hydroxylation is 1. The molecular weight excluding hydrogens is 264 g/mol. The van der Waals surface area contributed by atoms with Crippen LogP contribution >= 0.6 is 0 Å². The van der Waals surface area contributed by atoms with Crippen LogP contribution in [0, 0.1) is 6.92 Å². The molecule has 0 radical (unpaired) electrons. The molecule has 1 aliphatic rings. The Kier molecular flexibility index (Phi) is 3.71. The van der Waals surface area contributed by atoms with Crippen LogP contribution in [0.2, 0.25) is 0 Å². The summed E-state index contributed by atoms with van der Waals surface area (Å²) in [5, 5.41) is 9.50. The van der Waals surface area contributed by atoms with Crippen LogP contribution < -0.4 is 0 Å². The summed E-state index contributed by atoms with van der Waals surface area (Å²) in [4.78, 5) is 17.9. The third-order valence-electron chi connectivity index (χ3n) is 3.99. The van der Waals surface area contributed by atoms with Gasteiger partial charge in [-0.05, 0) is 36.1 Å². The first-order valence-electron chi connectivity index (χ1n) is 7.08. The largest absolute Gasteiger partial charge is 0.480 e. The van der Waals surface area contributed by atoms with E-state index in [1.54, 1.807) is 0 Å². The maximum Gasteiger partial charge on any atom is 0.321 e. The lowest BCUT2D eigenvalue weighted by atomic mass is 9.93. The molecular formula is C17H18N2O2. The first-order chi connectivity index (χ1) is 10.1. The molecule has 0 fully saturated rings. The number of pyridine rings is 1. The molecule has 0 amide bonds. The molecule has 2 aromatic rings. The predicted octanol–water partition coefficient (Wildman–Crippen LogP) is 2.40. The first-order valence-corrected chi connectivity index (χ1v) is 7.08. The summed E-state index contributed by atoms with van der Waals surface area (Å²) in [5.41, 5.74) is 4.38. The normalized spacial score (nSPS) is 18.2. The van der Waals surface area contributed by atoms with E-state index in [9.17, 15) is 9.90 Å². The minimum Gasteiger partial charge on any atom is -0.480 e. The second kappa shape index (κ2) is 5.66. The zero-order valence-corrected chi connectivity index (χ0v) is 12.0. The van der Waals surface area contributed by atoms with Crippen molar-refractivity contribution in [2.24, 2.45) is 0 Å². The minimum absolute atomic E-state index is 0.471. The molecule has 1 unspecified atom stereocenters. The highest BCUT2D eigenvalue weighted by Gasteiger charge is 2.31. The standard InChI is InChI=1S/C17H18N2O2/c1-12-6-7-13(9-18-12)10-19-11-15-5-3-2-4-14(15)8-16(19)17(20)21/h2-7,9,16H,8,10-11H2,1H3,(H,20,21). The number of nitrogens with zero attached hydrogens (tertiary/aromatic N) is 2. The zero-order chi connectivity index (χ0) is 14.8. The second-order valence-electron chi connectivity index (χ2n) is 5.54. The highest BCUT2D eigenvalue weighted by Crippen LogP contribution is 2.25. The van der Waals surface area contributed by atoms with Crippen molar-refractivity contribution in [3.05, 3.63) is 65.0 Å². The minimum atomic E-state index is -0.760. The maximum atomic E-state index is 11.6. The number of fused-ring (bicyclic) bond motifs is 1. The molecule has 2 heterocycles. The number of carboxylic acid groups (broad SMARTS) is 1. The van der Waals surface area contributed by atoms with Gasteiger partial charge in [-0.1, -0.05) is 30.3 Å². The first kappa shape index (κ1) is 13.8. The van der Waals surface area contributed by atoms with E-state index in [1.165, 1.54) is 5.56 Å². The molecule has 4 nitrogen and oxygen atoms in total. The van der Waals surface area contributed by atoms with Crippen molar-refractivity contribution in [3.63, 3.8) is 0 Å². The third-order valence-corrected chi connectivity index (χ3v) is 3.99. The zero-order valence-electron chi connectivity index (χ0n) is 12.0. The Hall–Kier alpha value is -2.20. The Labute approximate surface area is 124 Å². The summed E-state index contributed by atoms with van der Waals surface area (Å²) in [7, 11) is 0. The average molecular weight is 282 g/mol. The van der Waals surface area contributed by atoms with E-state index in [1.807, 2.05) is 48.4 Å². The van der Waals surface area contributed by atoms with Crippen molar-refractivity contribution in [1.82, 2.24) is 9.88 Å². The van der Waals surface area contributed by atoms with Gasteiger partial charge < -0.3 is 5.11 Å². The number of benzene rings is 1. The highest BCUT2D eigenvalue weighted by atomic mass is 16.4. The molecule has 108 valence electrons. The molecule has 0 saturated heterocycles. The van der Waals surface area contributed by atoms with Gasteiger partial charge in [-0.3, -0.25) is 14.7 Å². The van der Waals surface area contributed by atoms with Gasteiger partial charge in [-0.25, -0.2) is 0 Å². The quantitative estimate of drug-likeness (QED) is 0.939. The van der Waals surface area contributed by atoms with Gasteiger partial charge in [-0.15, -0.1) is 0 Å². The van der Waals surface area contributed by atoms with Crippen LogP contribution in [-0.2, 0) is 24.3 Å². The van der Waals surface area contributed by atoms with Crippen LogP contribution in [0.1, 0.15) is 22.4 Å². The summed E-state index contributed by atoms with van der Waals surface area (Å²) in [6.45, 7) is 3.22. The summed E-state index contributed by atoms with van der Waals surface area (Å²) in [5.74, 6) is -0.760. The Morgan fingerprint density at radius 3 is 2.71 bits per heavy atom. The molecule has 1 atom stereocenters. The van der Waals surface area contributed by atoms with Gasteiger partial charge >= 0.3 is 5.97 Å². The van der Waals surface area contributed by atoms with Crippen LogP contribution in [-0.4, -0.2) is 27.0 Å². The number of carboxylic acids is 1. The number of aromatic nitrogens is 1. The van der Waals surface area contributed by atoms with Crippen LogP contribution in [0.4, 0.5) is 0 Å². The van der Waals surface area contributed by atoms with Crippen molar-refractivity contribution in [1.29, 1.82) is 0 Å². The maximum absolute atomic E-state index is 11.6. The van der Waals surface area contributed by atoms with Crippen molar-refractivity contribution >= 4 is 5.97 Å². The molecule has 1 N–H and O–H groups in total. The lowest BCUT2D eigenvalue weighted by Gasteiger charge is -2.34. The molecule has 0 spiro atoms. The number of hydrogen-bond donors (Lipinski definition) is 1. The molecule has 4 heteroatoms. The number of hydrogen-bond acceptors (Lipinski definition) is 3. The Morgan fingerprint density at radius 2 is 2.05 bits per heavy atom. The van der Waals surface area contributed by atoms with Gasteiger partial charge in [-0.2, -0.15) is 0 Å². The van der Waals surface area contributed by atoms with E-state index in [-0.39, 0.29) is 0 Å². The molecule has 1 aromatic carbocycles. The van der Waals surface area contributed by atoms with Gasteiger partial charge in [0, 0.05) is 25.0 Å². The second-order valence-corrected chi connectivity index (χ2v) is 5.54. The van der Waals surface area contributed by atoms with Gasteiger partial charge in [0.1, 0.15) is 6.04 Å². The molecule has 3 rings (SSSR count). The predicted molar refractivity (Wildman–Crippen MR) is 79.8 cm³/mol. The van der Waals surface area contributed by atoms with Gasteiger partial charge in [0.05, 0.1) is 0 Å². The Balaban J connectivity index is 1.85. The lowest BCUT2D eigenvalue weighted by molar-refractivity contribution is -0.144. The molecule has 0 aliphatic carbocycles. The van der Waals surface area contributed by atoms with Gasteiger partial charge in [0.25, 0.3) is 0 Å². The van der Waals surface area contributed by atoms with E-state index in [4.69, 9.17) is 0 Å². The average Bonchev–Trinajstić information content (AvgIpc) is 2.48. The fraction of sp³-hybridized carbons (Fsp3) is 0.294. The smallest absolute Gasteiger partial charge is 0.321 e. The fourth-order valence-corrected chi connectivity index (χ4v) is 2.81. The highest BCUT2D eigenvalue weighted by molar-refractivity contribution is 5.74. The number of rotatable bonds is 3. The third kappa shape index (κ3) is 2.95. The summed E-state index contributed by atoms with van der Waals surface area (Å²) >= 11 is 0. The van der Waals surface area contributed by atoms with Crippen LogP contribution in [0.15, 0.2) is 42.6 Å². The van der Waals surface area contributed by atoms with Crippen molar-refractivity contribution in [2.75, 3.05) is 0 Å². The lowest BCUT2D eigenvalue weighted by Crippen LogP contribution is -2.45. The fourth-order valence-electron chi connectivity index (χ4n) is 2.81. The molecule has 0 saturated carbocycles. The van der Waals surface area contributed by atoms with Crippen LogP contribution in [0.3, 0.4) is 0 Å². The van der Waals surface area contributed by atoms with Crippen LogP contribution in [0.5, 0.6) is 0 Å². The molecule has 0 bridgehead atoms. The number of carbonyl (C=O) groups is 1. The van der Waals surface area contributed by atoms with Crippen molar-refractivity contribution < 1.29 is 9.90 Å². The number of aliphatic carboxylic acids is 1. The van der Waals surface area contributed by atoms with E-state index >= 15 is 0 Å². The van der Waals surface area contributed by atoms with Gasteiger partial charge in [0.2, 0.25) is 0 Å². The Bertz CT molecular complexity index is 652. The monoisotopic (exact) mass is 282 g/mol. The Morgan fingerprint density at radius 1 is 1.29 bits per heavy atom. The topological polar surface area (TPSA) is 53.4 Å². The van der Waals surface area contributed by atoms with Crippen molar-refractivity contribution in [2.45, 2.75) is 32.5 Å². The summed E-state index contributed by atoms with van der Waals surface area (Å²) in [6.07, 6.45) is 2.39. The van der Waals surface area contributed by atoms with E-state index < -0.39 is 12.0 Å². The summed E-state index contributed by atoms with van der Waals surface area (Å²) < 4.78 is 0. The van der Waals surface area contributed by atoms with E-state index in [0.29, 0.717) is 19.5 Å². The van der Waals surface area contributed by atoms with Crippen molar-refractivity contribution in [3.8, 4) is 0 Å². The summed E-state index contributed by atoms with van der Waals surface area (Å²) in [6, 6.07) is 11.6. The molecule has 21 heavy (non-hydrogen) atoms. The van der Waals surface area contributed by atoms with Crippen LogP contribution in [0.25, 0.3) is 0 Å². The SMILES string of the molecule is Cc1ccc(CN2Cc3ccccc3CC2C(=O)O)cn1. The van der Waals surface area contributed by atoms with Gasteiger partial charge in [0.15, 0.2) is 0 Å². The van der Waals surface area contributed by atoms with E-state index in [0.717, 1.165) is 16.8 Å².